The zero-order valence-corrected chi connectivity index (χ0v) is 10.9. The predicted octanol–water partition coefficient (Wildman–Crippen LogP) is 3.32. The molecule has 0 bridgehead atoms. The van der Waals surface area contributed by atoms with Crippen LogP contribution in [0, 0.1) is 0 Å². The number of rotatable bonds is 3. The average molecular weight is 275 g/mol. The molecule has 0 amide bonds. The Balaban J connectivity index is 2.52. The standard InChI is InChI=1S/C13H16F3NO2/c1-18-11-8-12(19-2)10(17-5-3-4-6-17)7-9(11)13(14,15)16/h7-8H,3-6H2,1-2H3. The molecule has 0 N–H and O–H groups in total. The highest BCUT2D eigenvalue weighted by Gasteiger charge is 2.36. The number of nitrogens with zero attached hydrogens (tertiary/aromatic N) is 1. The van der Waals surface area contributed by atoms with E-state index in [1.165, 1.54) is 20.3 Å². The number of benzene rings is 1. The molecular weight excluding hydrogens is 259 g/mol. The summed E-state index contributed by atoms with van der Waals surface area (Å²) in [6, 6.07) is 2.42. The van der Waals surface area contributed by atoms with E-state index in [0.717, 1.165) is 32.0 Å². The first kappa shape index (κ1) is 13.8. The molecule has 2 rings (SSSR count). The first-order valence-electron chi connectivity index (χ1n) is 6.05. The molecule has 0 spiro atoms. The second-order valence-electron chi connectivity index (χ2n) is 4.42. The summed E-state index contributed by atoms with van der Waals surface area (Å²) < 4.78 is 49.0. The van der Waals surface area contributed by atoms with Crippen molar-refractivity contribution in [1.29, 1.82) is 0 Å². The van der Waals surface area contributed by atoms with Crippen molar-refractivity contribution in [3.63, 3.8) is 0 Å². The third-order valence-electron chi connectivity index (χ3n) is 3.25. The van der Waals surface area contributed by atoms with Crippen molar-refractivity contribution >= 4 is 5.69 Å². The van der Waals surface area contributed by atoms with Crippen molar-refractivity contribution in [2.45, 2.75) is 19.0 Å². The van der Waals surface area contributed by atoms with Gasteiger partial charge in [0.05, 0.1) is 25.5 Å². The minimum Gasteiger partial charge on any atom is -0.496 e. The van der Waals surface area contributed by atoms with E-state index in [1.54, 1.807) is 0 Å². The van der Waals surface area contributed by atoms with E-state index in [9.17, 15) is 13.2 Å². The van der Waals surface area contributed by atoms with Gasteiger partial charge in [-0.25, -0.2) is 0 Å². The van der Waals surface area contributed by atoms with Gasteiger partial charge in [-0.1, -0.05) is 0 Å². The number of alkyl halides is 3. The summed E-state index contributed by atoms with van der Waals surface area (Å²) >= 11 is 0. The molecular formula is C13H16F3NO2. The van der Waals surface area contributed by atoms with Gasteiger partial charge >= 0.3 is 6.18 Å². The van der Waals surface area contributed by atoms with E-state index in [-0.39, 0.29) is 5.75 Å². The smallest absolute Gasteiger partial charge is 0.420 e. The van der Waals surface area contributed by atoms with Gasteiger partial charge in [0.25, 0.3) is 0 Å². The Morgan fingerprint density at radius 1 is 1.00 bits per heavy atom. The Kier molecular flexibility index (Phi) is 3.78. The molecule has 0 radical (unpaired) electrons. The Morgan fingerprint density at radius 2 is 1.58 bits per heavy atom. The van der Waals surface area contributed by atoms with Gasteiger partial charge in [0.15, 0.2) is 0 Å². The number of hydrogen-bond donors (Lipinski definition) is 0. The van der Waals surface area contributed by atoms with Crippen molar-refractivity contribution in [3.05, 3.63) is 17.7 Å². The molecule has 1 heterocycles. The molecule has 6 heteroatoms. The first-order chi connectivity index (χ1) is 8.97. The molecule has 1 aromatic carbocycles. The van der Waals surface area contributed by atoms with Gasteiger partial charge in [-0.3, -0.25) is 0 Å². The van der Waals surface area contributed by atoms with Crippen LogP contribution in [0.4, 0.5) is 18.9 Å². The third-order valence-corrected chi connectivity index (χ3v) is 3.25. The van der Waals surface area contributed by atoms with Crippen LogP contribution >= 0.6 is 0 Å². The summed E-state index contributed by atoms with van der Waals surface area (Å²) in [7, 11) is 2.67. The lowest BCUT2D eigenvalue weighted by Crippen LogP contribution is -2.20. The zero-order chi connectivity index (χ0) is 14.0. The van der Waals surface area contributed by atoms with Gasteiger partial charge in [0.2, 0.25) is 0 Å². The Labute approximate surface area is 109 Å². The molecule has 106 valence electrons. The molecule has 1 aliphatic rings. The van der Waals surface area contributed by atoms with Crippen LogP contribution in [-0.4, -0.2) is 27.3 Å². The van der Waals surface area contributed by atoms with E-state index >= 15 is 0 Å². The van der Waals surface area contributed by atoms with Crippen molar-refractivity contribution in [1.82, 2.24) is 0 Å². The van der Waals surface area contributed by atoms with Crippen molar-refractivity contribution < 1.29 is 22.6 Å². The van der Waals surface area contributed by atoms with Crippen LogP contribution < -0.4 is 14.4 Å². The summed E-state index contributed by atoms with van der Waals surface area (Å²) in [5, 5.41) is 0. The molecule has 1 saturated heterocycles. The summed E-state index contributed by atoms with van der Waals surface area (Å²) in [4.78, 5) is 1.91. The monoisotopic (exact) mass is 275 g/mol. The average Bonchev–Trinajstić information content (AvgIpc) is 2.89. The topological polar surface area (TPSA) is 21.7 Å². The molecule has 0 aromatic heterocycles. The SMILES string of the molecule is COc1cc(OC)c(C(F)(F)F)cc1N1CCCC1. The molecule has 0 aliphatic carbocycles. The number of hydrogen-bond acceptors (Lipinski definition) is 3. The maximum Gasteiger partial charge on any atom is 0.420 e. The highest BCUT2D eigenvalue weighted by Crippen LogP contribution is 2.43. The predicted molar refractivity (Wildman–Crippen MR) is 66.0 cm³/mol. The Hall–Kier alpha value is -1.59. The largest absolute Gasteiger partial charge is 0.496 e. The molecule has 0 atom stereocenters. The van der Waals surface area contributed by atoms with Crippen LogP contribution in [0.5, 0.6) is 11.5 Å². The summed E-state index contributed by atoms with van der Waals surface area (Å²) in [5.74, 6) is 0.194. The molecule has 0 saturated carbocycles. The summed E-state index contributed by atoms with van der Waals surface area (Å²) in [6.07, 6.45) is -2.47. The third kappa shape index (κ3) is 2.72. The molecule has 1 aromatic rings. The van der Waals surface area contributed by atoms with Gasteiger partial charge in [0, 0.05) is 19.2 Å². The van der Waals surface area contributed by atoms with E-state index in [0.29, 0.717) is 11.4 Å². The van der Waals surface area contributed by atoms with E-state index in [4.69, 9.17) is 9.47 Å². The lowest BCUT2D eigenvalue weighted by Gasteiger charge is -2.23. The zero-order valence-electron chi connectivity index (χ0n) is 10.9. The summed E-state index contributed by atoms with van der Waals surface area (Å²) in [6.45, 7) is 1.50. The van der Waals surface area contributed by atoms with Crippen LogP contribution in [0.25, 0.3) is 0 Å². The Bertz CT molecular complexity index is 454. The van der Waals surface area contributed by atoms with Crippen LogP contribution in [0.1, 0.15) is 18.4 Å². The van der Waals surface area contributed by atoms with E-state index < -0.39 is 11.7 Å². The highest BCUT2D eigenvalue weighted by molar-refractivity contribution is 5.64. The minimum absolute atomic E-state index is 0.215. The highest BCUT2D eigenvalue weighted by atomic mass is 19.4. The van der Waals surface area contributed by atoms with Gasteiger partial charge in [-0.2, -0.15) is 13.2 Å². The minimum atomic E-state index is -4.44. The van der Waals surface area contributed by atoms with Crippen molar-refractivity contribution in [3.8, 4) is 11.5 Å². The molecule has 3 nitrogen and oxygen atoms in total. The van der Waals surface area contributed by atoms with Crippen molar-refractivity contribution in [2.75, 3.05) is 32.2 Å². The van der Waals surface area contributed by atoms with Crippen LogP contribution in [-0.2, 0) is 6.18 Å². The Morgan fingerprint density at radius 3 is 2.05 bits per heavy atom. The fraction of sp³-hybridized carbons (Fsp3) is 0.538. The number of methoxy groups -OCH3 is 2. The van der Waals surface area contributed by atoms with Gasteiger partial charge < -0.3 is 14.4 Å². The maximum absolute atomic E-state index is 13.0. The summed E-state index contributed by atoms with van der Waals surface area (Å²) in [5.41, 5.74) is -0.286. The van der Waals surface area contributed by atoms with E-state index in [2.05, 4.69) is 0 Å². The lowest BCUT2D eigenvalue weighted by molar-refractivity contribution is -0.138. The van der Waals surface area contributed by atoms with E-state index in [1.807, 2.05) is 4.90 Å². The first-order valence-corrected chi connectivity index (χ1v) is 6.05. The molecule has 1 aliphatic heterocycles. The molecule has 0 unspecified atom stereocenters. The quantitative estimate of drug-likeness (QED) is 0.844. The lowest BCUT2D eigenvalue weighted by atomic mass is 10.1. The van der Waals surface area contributed by atoms with Crippen LogP contribution in [0.15, 0.2) is 12.1 Å². The maximum atomic E-state index is 13.0. The normalized spacial score (nSPS) is 15.7. The number of ether oxygens (including phenoxy) is 2. The molecule has 1 fully saturated rings. The molecule has 19 heavy (non-hydrogen) atoms. The van der Waals surface area contributed by atoms with Gasteiger partial charge in [-0.05, 0) is 18.9 Å². The fourth-order valence-corrected chi connectivity index (χ4v) is 2.31. The van der Waals surface area contributed by atoms with Crippen LogP contribution in [0.2, 0.25) is 0 Å². The fourth-order valence-electron chi connectivity index (χ4n) is 2.31. The van der Waals surface area contributed by atoms with Crippen LogP contribution in [0.3, 0.4) is 0 Å². The number of anilines is 1. The van der Waals surface area contributed by atoms with Crippen molar-refractivity contribution in [2.24, 2.45) is 0 Å². The van der Waals surface area contributed by atoms with Gasteiger partial charge in [-0.15, -0.1) is 0 Å². The second kappa shape index (κ2) is 5.19. The number of halogens is 3. The second-order valence-corrected chi connectivity index (χ2v) is 4.42. The van der Waals surface area contributed by atoms with Gasteiger partial charge in [0.1, 0.15) is 11.5 Å².